The zero-order valence-electron chi connectivity index (χ0n) is 15.6. The van der Waals surface area contributed by atoms with E-state index in [1.54, 1.807) is 0 Å². The van der Waals surface area contributed by atoms with Crippen molar-refractivity contribution in [2.24, 2.45) is 10.4 Å². The highest BCUT2D eigenvalue weighted by molar-refractivity contribution is 6.24. The molecule has 2 aromatic carbocycles. The van der Waals surface area contributed by atoms with Gasteiger partial charge in [-0.25, -0.2) is 0 Å². The van der Waals surface area contributed by atoms with Crippen molar-refractivity contribution in [2.75, 3.05) is 0 Å². The second-order valence-corrected chi connectivity index (χ2v) is 7.82. The Hall–Kier alpha value is -2.68. The van der Waals surface area contributed by atoms with Gasteiger partial charge in [-0.1, -0.05) is 61.9 Å². The number of aryl methyl sites for hydroxylation is 1. The number of ketones is 1. The number of aliphatic hydroxyl groups excluding tert-OH is 1. The maximum absolute atomic E-state index is 12.8. The van der Waals surface area contributed by atoms with E-state index >= 15 is 0 Å². The lowest BCUT2D eigenvalue weighted by molar-refractivity contribution is -0.117. The van der Waals surface area contributed by atoms with Crippen molar-refractivity contribution in [1.29, 1.82) is 0 Å². The highest BCUT2D eigenvalue weighted by Gasteiger charge is 2.35. The van der Waals surface area contributed by atoms with Crippen LogP contribution in [0.15, 0.2) is 70.9 Å². The van der Waals surface area contributed by atoms with Gasteiger partial charge in [0.2, 0.25) is 0 Å². The molecule has 0 saturated heterocycles. The molecule has 1 aliphatic rings. The molecule has 1 aliphatic carbocycles. The summed E-state index contributed by atoms with van der Waals surface area (Å²) in [5.74, 6) is 0.133. The molecule has 26 heavy (non-hydrogen) atoms. The van der Waals surface area contributed by atoms with Crippen LogP contribution < -0.4 is 0 Å². The third kappa shape index (κ3) is 4.29. The number of benzene rings is 2. The van der Waals surface area contributed by atoms with E-state index in [0.29, 0.717) is 30.5 Å². The molecule has 0 aliphatic heterocycles. The molecule has 3 rings (SSSR count). The molecule has 1 N–H and O–H groups in total. The first-order chi connectivity index (χ1) is 12.3. The van der Waals surface area contributed by atoms with Crippen LogP contribution in [0.5, 0.6) is 0 Å². The second-order valence-electron chi connectivity index (χ2n) is 7.82. The molecule has 0 atom stereocenters. The predicted molar refractivity (Wildman–Crippen MR) is 106 cm³/mol. The number of aliphatic hydroxyl groups is 1. The molecule has 0 fully saturated rings. The monoisotopic (exact) mass is 347 g/mol. The van der Waals surface area contributed by atoms with E-state index in [9.17, 15) is 9.90 Å². The Labute approximate surface area is 155 Å². The Morgan fingerprint density at radius 2 is 1.69 bits per heavy atom. The topological polar surface area (TPSA) is 49.7 Å². The van der Waals surface area contributed by atoms with Crippen LogP contribution in [-0.2, 0) is 11.2 Å². The average Bonchev–Trinajstić information content (AvgIpc) is 2.56. The Morgan fingerprint density at radius 1 is 1.04 bits per heavy atom. The lowest BCUT2D eigenvalue weighted by Gasteiger charge is -2.30. The van der Waals surface area contributed by atoms with Crippen molar-refractivity contribution in [2.45, 2.75) is 40.0 Å². The summed E-state index contributed by atoms with van der Waals surface area (Å²) >= 11 is 0. The molecule has 3 heteroatoms. The first kappa shape index (κ1) is 18.1. The zero-order chi connectivity index (χ0) is 18.7. The van der Waals surface area contributed by atoms with Gasteiger partial charge in [-0.05, 0) is 30.0 Å². The van der Waals surface area contributed by atoms with Gasteiger partial charge in [0, 0.05) is 19.3 Å². The van der Waals surface area contributed by atoms with Crippen molar-refractivity contribution >= 4 is 17.2 Å². The molecule has 0 amide bonds. The van der Waals surface area contributed by atoms with Crippen molar-refractivity contribution in [1.82, 2.24) is 0 Å². The minimum atomic E-state index is -0.216. The summed E-state index contributed by atoms with van der Waals surface area (Å²) in [5, 5.41) is 10.6. The van der Waals surface area contributed by atoms with Crippen LogP contribution in [-0.4, -0.2) is 16.6 Å². The third-order valence-electron chi connectivity index (χ3n) is 4.65. The Morgan fingerprint density at radius 3 is 2.31 bits per heavy atom. The maximum atomic E-state index is 12.8. The van der Waals surface area contributed by atoms with Gasteiger partial charge in [0.05, 0.1) is 17.0 Å². The summed E-state index contributed by atoms with van der Waals surface area (Å²) in [6.45, 7) is 6.04. The third-order valence-corrected chi connectivity index (χ3v) is 4.65. The van der Waals surface area contributed by atoms with Gasteiger partial charge in [0.15, 0.2) is 5.78 Å². The van der Waals surface area contributed by atoms with Crippen molar-refractivity contribution in [3.05, 3.63) is 77.1 Å². The summed E-state index contributed by atoms with van der Waals surface area (Å²) in [7, 11) is 0. The number of hydrogen-bond acceptors (Lipinski definition) is 3. The molecule has 0 bridgehead atoms. The molecule has 3 nitrogen and oxygen atoms in total. The molecule has 0 radical (unpaired) electrons. The number of nitrogens with zero attached hydrogens (tertiary/aromatic N) is 1. The van der Waals surface area contributed by atoms with Gasteiger partial charge in [-0.2, -0.15) is 0 Å². The van der Waals surface area contributed by atoms with Crippen LogP contribution in [0.3, 0.4) is 0 Å². The first-order valence-corrected chi connectivity index (χ1v) is 8.98. The fraction of sp³-hybridized carbons (Fsp3) is 0.304. The van der Waals surface area contributed by atoms with E-state index in [1.165, 1.54) is 0 Å². The molecule has 0 unspecified atom stereocenters. The lowest BCUT2D eigenvalue weighted by atomic mass is 9.75. The van der Waals surface area contributed by atoms with Crippen LogP contribution in [0.2, 0.25) is 0 Å². The van der Waals surface area contributed by atoms with Crippen LogP contribution in [0.4, 0.5) is 5.69 Å². The SMILES string of the molecule is Cc1ccc(N=C(Cc2ccccc2)C2=C(O)CC(C)(C)CC2=O)cc1. The minimum Gasteiger partial charge on any atom is -0.511 e. The van der Waals surface area contributed by atoms with Gasteiger partial charge in [0.25, 0.3) is 0 Å². The Kier molecular flexibility index (Phi) is 5.08. The summed E-state index contributed by atoms with van der Waals surface area (Å²) in [6.07, 6.45) is 1.43. The molecule has 0 spiro atoms. The Balaban J connectivity index is 2.05. The van der Waals surface area contributed by atoms with E-state index in [-0.39, 0.29) is 17.0 Å². The van der Waals surface area contributed by atoms with Gasteiger partial charge < -0.3 is 5.11 Å². The van der Waals surface area contributed by atoms with E-state index < -0.39 is 0 Å². The molecule has 0 heterocycles. The number of Topliss-reactive ketones (excluding diaryl/α,β-unsaturated/α-hetero) is 1. The van der Waals surface area contributed by atoms with E-state index in [1.807, 2.05) is 75.4 Å². The van der Waals surface area contributed by atoms with Crippen molar-refractivity contribution in [3.8, 4) is 0 Å². The van der Waals surface area contributed by atoms with Gasteiger partial charge in [-0.15, -0.1) is 0 Å². The van der Waals surface area contributed by atoms with Crippen LogP contribution >= 0.6 is 0 Å². The fourth-order valence-corrected chi connectivity index (χ4v) is 3.36. The minimum absolute atomic E-state index is 0.0273. The Bertz CT molecular complexity index is 859. The van der Waals surface area contributed by atoms with Crippen LogP contribution in [0.25, 0.3) is 0 Å². The predicted octanol–water partition coefficient (Wildman–Crippen LogP) is 5.51. The molecular weight excluding hydrogens is 322 g/mol. The standard InChI is InChI=1S/C23H25NO2/c1-16-9-11-18(12-10-16)24-19(13-17-7-5-4-6-8-17)22-20(25)14-23(2,3)15-21(22)26/h4-12,25H,13-15H2,1-3H3. The summed E-state index contributed by atoms with van der Waals surface area (Å²) < 4.78 is 0. The zero-order valence-corrected chi connectivity index (χ0v) is 15.6. The molecule has 0 saturated carbocycles. The molecular formula is C23H25NO2. The highest BCUT2D eigenvalue weighted by atomic mass is 16.3. The van der Waals surface area contributed by atoms with Gasteiger partial charge in [0.1, 0.15) is 5.76 Å². The van der Waals surface area contributed by atoms with Crippen LogP contribution in [0, 0.1) is 12.3 Å². The van der Waals surface area contributed by atoms with Crippen LogP contribution in [0.1, 0.15) is 37.8 Å². The summed E-state index contributed by atoms with van der Waals surface area (Å²) in [6, 6.07) is 17.8. The molecule has 134 valence electrons. The second kappa shape index (κ2) is 7.28. The highest BCUT2D eigenvalue weighted by Crippen LogP contribution is 2.37. The number of aliphatic imine (C=N–C) groups is 1. The largest absolute Gasteiger partial charge is 0.511 e. The van der Waals surface area contributed by atoms with E-state index in [0.717, 1.165) is 16.8 Å². The van der Waals surface area contributed by atoms with Gasteiger partial charge >= 0.3 is 0 Å². The number of hydrogen-bond donors (Lipinski definition) is 1. The lowest BCUT2D eigenvalue weighted by Crippen LogP contribution is -2.30. The quantitative estimate of drug-likeness (QED) is 0.741. The number of carbonyl (C=O) groups excluding carboxylic acids is 1. The smallest absolute Gasteiger partial charge is 0.168 e. The molecule has 2 aromatic rings. The first-order valence-electron chi connectivity index (χ1n) is 8.98. The number of rotatable bonds is 4. The van der Waals surface area contributed by atoms with E-state index in [4.69, 9.17) is 4.99 Å². The van der Waals surface area contributed by atoms with Crippen molar-refractivity contribution in [3.63, 3.8) is 0 Å². The normalized spacial score (nSPS) is 17.5. The average molecular weight is 347 g/mol. The summed E-state index contributed by atoms with van der Waals surface area (Å²) in [5.41, 5.74) is 3.83. The number of allylic oxidation sites excluding steroid dienone is 2. The van der Waals surface area contributed by atoms with E-state index in [2.05, 4.69) is 0 Å². The summed E-state index contributed by atoms with van der Waals surface area (Å²) in [4.78, 5) is 17.5. The fourth-order valence-electron chi connectivity index (χ4n) is 3.36. The number of carbonyl (C=O) groups is 1. The van der Waals surface area contributed by atoms with Gasteiger partial charge in [-0.3, -0.25) is 9.79 Å². The molecule has 0 aromatic heterocycles. The van der Waals surface area contributed by atoms with Crippen molar-refractivity contribution < 1.29 is 9.90 Å². The maximum Gasteiger partial charge on any atom is 0.168 e.